The van der Waals surface area contributed by atoms with E-state index in [0.29, 0.717) is 27.1 Å². The molecule has 7 heteroatoms. The van der Waals surface area contributed by atoms with Crippen molar-refractivity contribution in [3.63, 3.8) is 0 Å². The summed E-state index contributed by atoms with van der Waals surface area (Å²) in [5, 5.41) is 5.80. The number of aromatic amines is 1. The summed E-state index contributed by atoms with van der Waals surface area (Å²) < 4.78 is 1.86. The van der Waals surface area contributed by atoms with Crippen LogP contribution in [-0.4, -0.2) is 14.5 Å². The van der Waals surface area contributed by atoms with Crippen LogP contribution in [0.15, 0.2) is 35.1 Å². The van der Waals surface area contributed by atoms with Gasteiger partial charge in [0, 0.05) is 12.7 Å². The second-order valence-corrected chi connectivity index (χ2v) is 7.30. The molecule has 2 heterocycles. The Morgan fingerprint density at radius 1 is 1.19 bits per heavy atom. The molecule has 0 fully saturated rings. The molecule has 0 saturated heterocycles. The van der Waals surface area contributed by atoms with Crippen molar-refractivity contribution in [1.29, 1.82) is 0 Å². The Hall–Kier alpha value is -2.50. The molecule has 0 radical (unpaired) electrons. The lowest BCUT2D eigenvalue weighted by atomic mass is 10.0. The molecule has 2 aromatic carbocycles. The molecule has 4 rings (SSSR count). The predicted molar refractivity (Wildman–Crippen MR) is 113 cm³/mol. The van der Waals surface area contributed by atoms with Gasteiger partial charge in [-0.3, -0.25) is 4.79 Å². The zero-order valence-corrected chi connectivity index (χ0v) is 16.7. The van der Waals surface area contributed by atoms with E-state index in [4.69, 9.17) is 23.2 Å². The molecule has 2 aromatic heterocycles. The van der Waals surface area contributed by atoms with Crippen LogP contribution in [-0.2, 0) is 13.5 Å². The lowest BCUT2D eigenvalue weighted by Gasteiger charge is -2.11. The Morgan fingerprint density at radius 2 is 1.89 bits per heavy atom. The van der Waals surface area contributed by atoms with Gasteiger partial charge >= 0.3 is 0 Å². The van der Waals surface area contributed by atoms with Gasteiger partial charge in [-0.2, -0.15) is 0 Å². The number of hydrogen-bond acceptors (Lipinski definition) is 3. The average Bonchev–Trinajstić information content (AvgIpc) is 2.94. The third-order valence-electron chi connectivity index (χ3n) is 4.90. The molecule has 27 heavy (non-hydrogen) atoms. The number of halogens is 2. The van der Waals surface area contributed by atoms with Gasteiger partial charge < -0.3 is 14.9 Å². The summed E-state index contributed by atoms with van der Waals surface area (Å²) in [4.78, 5) is 20.4. The van der Waals surface area contributed by atoms with E-state index in [1.54, 1.807) is 18.2 Å². The van der Waals surface area contributed by atoms with Crippen molar-refractivity contribution in [2.24, 2.45) is 7.05 Å². The fourth-order valence-electron chi connectivity index (χ4n) is 3.59. The normalized spacial score (nSPS) is 11.4. The van der Waals surface area contributed by atoms with Crippen LogP contribution in [0, 0.1) is 6.92 Å². The Morgan fingerprint density at radius 3 is 2.56 bits per heavy atom. The molecular formula is C20H18Cl2N4O. The molecule has 0 saturated carbocycles. The smallest absolute Gasteiger partial charge is 0.258 e. The number of aromatic nitrogens is 3. The first kappa shape index (κ1) is 17.9. The number of rotatable bonds is 3. The number of H-pyrrole nitrogens is 1. The Bertz CT molecular complexity index is 1240. The van der Waals surface area contributed by atoms with Crippen molar-refractivity contribution in [2.45, 2.75) is 20.3 Å². The molecular weight excluding hydrogens is 383 g/mol. The number of pyridine rings is 1. The fraction of sp³-hybridized carbons (Fsp3) is 0.200. The molecule has 0 atom stereocenters. The molecule has 0 bridgehead atoms. The molecule has 5 nitrogen and oxygen atoms in total. The minimum absolute atomic E-state index is 0.115. The number of fused-ring (bicyclic) bond motifs is 3. The zero-order valence-electron chi connectivity index (χ0n) is 15.2. The van der Waals surface area contributed by atoms with E-state index in [1.807, 2.05) is 30.7 Å². The second-order valence-electron chi connectivity index (χ2n) is 6.48. The second kappa shape index (κ2) is 6.59. The number of nitrogens with one attached hydrogen (secondary N) is 2. The van der Waals surface area contributed by atoms with Crippen LogP contribution < -0.4 is 10.9 Å². The molecule has 0 spiro atoms. The predicted octanol–water partition coefficient (Wildman–Crippen LogP) is 5.34. The lowest BCUT2D eigenvalue weighted by molar-refractivity contribution is 0.959. The summed E-state index contributed by atoms with van der Waals surface area (Å²) in [7, 11) is 1.87. The van der Waals surface area contributed by atoms with Crippen molar-refractivity contribution in [2.75, 3.05) is 5.32 Å². The summed E-state index contributed by atoms with van der Waals surface area (Å²) >= 11 is 12.5. The molecule has 4 aromatic rings. The average molecular weight is 401 g/mol. The summed E-state index contributed by atoms with van der Waals surface area (Å²) in [5.74, 6) is 0.561. The standard InChI is InChI=1S/C20H18Cl2N4O/c1-4-11-10(2)23-19(27)16-12(11)8-9-15-18(16)26(3)20(24-15)25-17-13(21)6-5-7-14(17)22/h5-9H,4H2,1-3H3,(H,23,27)(H,24,25). The molecule has 2 N–H and O–H groups in total. The van der Waals surface area contributed by atoms with Gasteiger partial charge in [-0.05, 0) is 42.5 Å². The number of aryl methyl sites for hydroxylation is 3. The number of para-hydroxylation sites is 1. The summed E-state index contributed by atoms with van der Waals surface area (Å²) in [5.41, 5.74) is 4.01. The van der Waals surface area contributed by atoms with E-state index < -0.39 is 0 Å². The van der Waals surface area contributed by atoms with Crippen LogP contribution in [0.25, 0.3) is 21.8 Å². The van der Waals surface area contributed by atoms with Crippen LogP contribution in [0.4, 0.5) is 11.6 Å². The van der Waals surface area contributed by atoms with Gasteiger partial charge in [0.1, 0.15) is 0 Å². The van der Waals surface area contributed by atoms with Crippen LogP contribution in [0.1, 0.15) is 18.2 Å². The highest BCUT2D eigenvalue weighted by atomic mass is 35.5. The third kappa shape index (κ3) is 2.78. The Kier molecular flexibility index (Phi) is 4.36. The number of anilines is 2. The molecule has 0 amide bonds. The first-order valence-electron chi connectivity index (χ1n) is 8.64. The van der Waals surface area contributed by atoms with E-state index >= 15 is 0 Å². The van der Waals surface area contributed by atoms with Crippen molar-refractivity contribution in [3.05, 3.63) is 62.0 Å². The third-order valence-corrected chi connectivity index (χ3v) is 5.53. The highest BCUT2D eigenvalue weighted by Crippen LogP contribution is 2.34. The highest BCUT2D eigenvalue weighted by molar-refractivity contribution is 6.39. The number of nitrogens with zero attached hydrogens (tertiary/aromatic N) is 2. The van der Waals surface area contributed by atoms with Gasteiger partial charge in [-0.15, -0.1) is 0 Å². The quantitative estimate of drug-likeness (QED) is 0.487. The first-order valence-corrected chi connectivity index (χ1v) is 9.40. The van der Waals surface area contributed by atoms with Crippen LogP contribution in [0.3, 0.4) is 0 Å². The summed E-state index contributed by atoms with van der Waals surface area (Å²) in [6.45, 7) is 4.01. The van der Waals surface area contributed by atoms with E-state index in [1.165, 1.54) is 0 Å². The van der Waals surface area contributed by atoms with Gasteiger partial charge in [-0.25, -0.2) is 4.98 Å². The summed E-state index contributed by atoms with van der Waals surface area (Å²) in [6, 6.07) is 9.21. The largest absolute Gasteiger partial charge is 0.326 e. The van der Waals surface area contributed by atoms with Gasteiger partial charge in [0.05, 0.1) is 32.2 Å². The van der Waals surface area contributed by atoms with E-state index in [2.05, 4.69) is 22.2 Å². The van der Waals surface area contributed by atoms with E-state index in [9.17, 15) is 4.79 Å². The number of imidazole rings is 1. The van der Waals surface area contributed by atoms with Gasteiger partial charge in [-0.1, -0.05) is 42.3 Å². The minimum Gasteiger partial charge on any atom is -0.326 e. The summed E-state index contributed by atoms with van der Waals surface area (Å²) in [6.07, 6.45) is 0.836. The van der Waals surface area contributed by atoms with Crippen LogP contribution in [0.5, 0.6) is 0 Å². The van der Waals surface area contributed by atoms with Crippen molar-refractivity contribution < 1.29 is 0 Å². The molecule has 0 aliphatic rings. The lowest BCUT2D eigenvalue weighted by Crippen LogP contribution is -2.12. The molecule has 0 aliphatic carbocycles. The molecule has 0 aliphatic heterocycles. The maximum absolute atomic E-state index is 12.8. The number of benzene rings is 2. The number of hydrogen-bond donors (Lipinski definition) is 2. The zero-order chi connectivity index (χ0) is 19.3. The fourth-order valence-corrected chi connectivity index (χ4v) is 4.08. The van der Waals surface area contributed by atoms with Crippen molar-refractivity contribution in [1.82, 2.24) is 14.5 Å². The first-order chi connectivity index (χ1) is 12.9. The maximum atomic E-state index is 12.8. The van der Waals surface area contributed by atoms with Crippen molar-refractivity contribution in [3.8, 4) is 0 Å². The SMILES string of the molecule is CCc1c(C)[nH]c(=O)c2c1ccc1nc(Nc3c(Cl)cccc3Cl)n(C)c12. The Balaban J connectivity index is 2.00. The minimum atomic E-state index is -0.115. The van der Waals surface area contributed by atoms with Gasteiger partial charge in [0.2, 0.25) is 5.95 Å². The Labute approximate surface area is 165 Å². The van der Waals surface area contributed by atoms with Crippen molar-refractivity contribution >= 4 is 56.6 Å². The van der Waals surface area contributed by atoms with Crippen LogP contribution in [0.2, 0.25) is 10.0 Å². The van der Waals surface area contributed by atoms with E-state index in [0.717, 1.165) is 34.1 Å². The topological polar surface area (TPSA) is 62.7 Å². The van der Waals surface area contributed by atoms with Gasteiger partial charge in [0.25, 0.3) is 5.56 Å². The van der Waals surface area contributed by atoms with E-state index in [-0.39, 0.29) is 5.56 Å². The highest BCUT2D eigenvalue weighted by Gasteiger charge is 2.17. The van der Waals surface area contributed by atoms with Gasteiger partial charge in [0.15, 0.2) is 0 Å². The molecule has 0 unspecified atom stereocenters. The maximum Gasteiger partial charge on any atom is 0.258 e. The monoisotopic (exact) mass is 400 g/mol. The molecule has 138 valence electrons. The van der Waals surface area contributed by atoms with Crippen LogP contribution >= 0.6 is 23.2 Å².